The lowest BCUT2D eigenvalue weighted by Gasteiger charge is -2.00. The van der Waals surface area contributed by atoms with Crippen LogP contribution in [0.3, 0.4) is 0 Å². The molecular formula is C11H10N2O. The van der Waals surface area contributed by atoms with Crippen LogP contribution in [0.1, 0.15) is 5.56 Å². The molecule has 3 heteroatoms. The molecule has 0 saturated carbocycles. The highest BCUT2D eigenvalue weighted by Crippen LogP contribution is 2.14. The molecule has 0 atom stereocenters. The minimum absolute atomic E-state index is 0.000237. The van der Waals surface area contributed by atoms with E-state index in [-0.39, 0.29) is 5.43 Å². The van der Waals surface area contributed by atoms with Gasteiger partial charge in [0.05, 0.1) is 5.69 Å². The van der Waals surface area contributed by atoms with E-state index in [0.29, 0.717) is 0 Å². The van der Waals surface area contributed by atoms with Crippen molar-refractivity contribution in [3.05, 3.63) is 52.6 Å². The van der Waals surface area contributed by atoms with E-state index in [0.717, 1.165) is 16.8 Å². The Hall–Kier alpha value is -1.90. The third-order valence-electron chi connectivity index (χ3n) is 1.96. The zero-order valence-electron chi connectivity index (χ0n) is 7.82. The number of aromatic amines is 1. The molecular weight excluding hydrogens is 176 g/mol. The van der Waals surface area contributed by atoms with Crippen LogP contribution < -0.4 is 5.43 Å². The maximum absolute atomic E-state index is 11.1. The Balaban J connectivity index is 2.55. The molecule has 0 aliphatic rings. The summed E-state index contributed by atoms with van der Waals surface area (Å²) in [5.41, 5.74) is 2.81. The first kappa shape index (κ1) is 8.69. The van der Waals surface area contributed by atoms with Crippen LogP contribution in [0.25, 0.3) is 11.3 Å². The molecule has 0 fully saturated rings. The minimum atomic E-state index is 0.000237. The summed E-state index contributed by atoms with van der Waals surface area (Å²) in [6.45, 7) is 1.97. The number of aromatic nitrogens is 2. The van der Waals surface area contributed by atoms with E-state index in [1.54, 1.807) is 24.7 Å². The van der Waals surface area contributed by atoms with Gasteiger partial charge in [-0.3, -0.25) is 9.78 Å². The minimum Gasteiger partial charge on any atom is -0.361 e. The van der Waals surface area contributed by atoms with Crippen molar-refractivity contribution in [1.82, 2.24) is 9.97 Å². The normalized spacial score (nSPS) is 10.1. The van der Waals surface area contributed by atoms with Crippen LogP contribution in [0.2, 0.25) is 0 Å². The summed E-state index contributed by atoms with van der Waals surface area (Å²) in [5, 5.41) is 0. The van der Waals surface area contributed by atoms with Crippen LogP contribution in [-0.2, 0) is 0 Å². The van der Waals surface area contributed by atoms with E-state index in [2.05, 4.69) is 9.97 Å². The number of nitrogens with zero attached hydrogens (tertiary/aromatic N) is 1. The zero-order valence-corrected chi connectivity index (χ0v) is 7.82. The molecule has 0 spiro atoms. The molecule has 3 nitrogen and oxygen atoms in total. The van der Waals surface area contributed by atoms with Crippen molar-refractivity contribution in [3.8, 4) is 11.3 Å². The Morgan fingerprint density at radius 1 is 1.29 bits per heavy atom. The highest BCUT2D eigenvalue weighted by atomic mass is 16.1. The first-order valence-corrected chi connectivity index (χ1v) is 4.36. The molecule has 14 heavy (non-hydrogen) atoms. The van der Waals surface area contributed by atoms with Gasteiger partial charge in [-0.1, -0.05) is 0 Å². The Morgan fingerprint density at radius 2 is 2.14 bits per heavy atom. The number of H-pyrrole nitrogens is 1. The Labute approximate surface area is 81.5 Å². The maximum atomic E-state index is 11.1. The molecule has 2 rings (SSSR count). The van der Waals surface area contributed by atoms with Gasteiger partial charge in [-0.15, -0.1) is 0 Å². The fourth-order valence-corrected chi connectivity index (χ4v) is 1.31. The predicted molar refractivity (Wildman–Crippen MR) is 55.0 cm³/mol. The third-order valence-corrected chi connectivity index (χ3v) is 1.96. The molecule has 2 aromatic rings. The molecule has 70 valence electrons. The predicted octanol–water partition coefficient (Wildman–Crippen LogP) is 1.75. The molecule has 1 N–H and O–H groups in total. The smallest absolute Gasteiger partial charge is 0.182 e. The molecule has 0 radical (unpaired) electrons. The molecule has 2 heterocycles. The standard InChI is InChI=1S/C11H10N2O/c1-8-4-9(7-12-6-8)11-5-10(14)2-3-13-11/h2-7H,1H3,(H,13,14). The average molecular weight is 186 g/mol. The summed E-state index contributed by atoms with van der Waals surface area (Å²) >= 11 is 0. The van der Waals surface area contributed by atoms with E-state index in [1.165, 1.54) is 6.07 Å². The Kier molecular flexibility index (Phi) is 2.14. The first-order chi connectivity index (χ1) is 6.75. The molecule has 0 aliphatic carbocycles. The van der Waals surface area contributed by atoms with Gasteiger partial charge >= 0.3 is 0 Å². The van der Waals surface area contributed by atoms with E-state index in [9.17, 15) is 4.79 Å². The van der Waals surface area contributed by atoms with Crippen molar-refractivity contribution in [1.29, 1.82) is 0 Å². The van der Waals surface area contributed by atoms with Crippen molar-refractivity contribution in [3.63, 3.8) is 0 Å². The van der Waals surface area contributed by atoms with Gasteiger partial charge < -0.3 is 4.98 Å². The summed E-state index contributed by atoms with van der Waals surface area (Å²) in [5.74, 6) is 0. The maximum Gasteiger partial charge on any atom is 0.182 e. The monoisotopic (exact) mass is 186 g/mol. The second-order valence-corrected chi connectivity index (χ2v) is 3.19. The largest absolute Gasteiger partial charge is 0.361 e. The zero-order chi connectivity index (χ0) is 9.97. The summed E-state index contributed by atoms with van der Waals surface area (Å²) in [6.07, 6.45) is 5.16. The van der Waals surface area contributed by atoms with Crippen LogP contribution in [0, 0.1) is 6.92 Å². The van der Waals surface area contributed by atoms with Gasteiger partial charge in [0.15, 0.2) is 5.43 Å². The van der Waals surface area contributed by atoms with E-state index >= 15 is 0 Å². The van der Waals surface area contributed by atoms with Gasteiger partial charge in [0, 0.05) is 36.3 Å². The number of aryl methyl sites for hydroxylation is 1. The van der Waals surface area contributed by atoms with Crippen LogP contribution in [0.4, 0.5) is 0 Å². The van der Waals surface area contributed by atoms with Crippen molar-refractivity contribution >= 4 is 0 Å². The summed E-state index contributed by atoms with van der Waals surface area (Å²) in [7, 11) is 0. The molecule has 2 aromatic heterocycles. The van der Waals surface area contributed by atoms with Crippen LogP contribution >= 0.6 is 0 Å². The highest BCUT2D eigenvalue weighted by molar-refractivity contribution is 5.57. The number of hydrogen-bond acceptors (Lipinski definition) is 2. The fraction of sp³-hybridized carbons (Fsp3) is 0.0909. The fourth-order valence-electron chi connectivity index (χ4n) is 1.31. The van der Waals surface area contributed by atoms with Crippen LogP contribution in [0.5, 0.6) is 0 Å². The molecule has 0 bridgehead atoms. The van der Waals surface area contributed by atoms with E-state index in [4.69, 9.17) is 0 Å². The number of hydrogen-bond donors (Lipinski definition) is 1. The van der Waals surface area contributed by atoms with Crippen molar-refractivity contribution in [2.45, 2.75) is 6.92 Å². The van der Waals surface area contributed by atoms with Crippen molar-refractivity contribution < 1.29 is 0 Å². The van der Waals surface area contributed by atoms with Gasteiger partial charge in [0.1, 0.15) is 0 Å². The van der Waals surface area contributed by atoms with Gasteiger partial charge in [0.25, 0.3) is 0 Å². The summed E-state index contributed by atoms with van der Waals surface area (Å²) in [4.78, 5) is 18.2. The second-order valence-electron chi connectivity index (χ2n) is 3.19. The molecule has 0 amide bonds. The van der Waals surface area contributed by atoms with Gasteiger partial charge in [-0.2, -0.15) is 0 Å². The molecule has 0 saturated heterocycles. The first-order valence-electron chi connectivity index (χ1n) is 4.36. The van der Waals surface area contributed by atoms with Gasteiger partial charge in [-0.05, 0) is 18.6 Å². The average Bonchev–Trinajstić information content (AvgIpc) is 2.18. The van der Waals surface area contributed by atoms with Crippen molar-refractivity contribution in [2.75, 3.05) is 0 Å². The quantitative estimate of drug-likeness (QED) is 0.737. The van der Waals surface area contributed by atoms with E-state index < -0.39 is 0 Å². The lowest BCUT2D eigenvalue weighted by Crippen LogP contribution is -1.98. The Bertz CT molecular complexity index is 502. The van der Waals surface area contributed by atoms with Gasteiger partial charge in [0.2, 0.25) is 0 Å². The second kappa shape index (κ2) is 3.46. The number of nitrogens with one attached hydrogen (secondary N) is 1. The Morgan fingerprint density at radius 3 is 2.86 bits per heavy atom. The molecule has 0 aliphatic heterocycles. The van der Waals surface area contributed by atoms with Crippen LogP contribution in [-0.4, -0.2) is 9.97 Å². The lowest BCUT2D eigenvalue weighted by molar-refractivity contribution is 1.24. The topological polar surface area (TPSA) is 45.8 Å². The lowest BCUT2D eigenvalue weighted by atomic mass is 10.1. The SMILES string of the molecule is Cc1cncc(-c2cc(=O)cc[nH]2)c1. The van der Waals surface area contributed by atoms with E-state index in [1.807, 2.05) is 13.0 Å². The van der Waals surface area contributed by atoms with Crippen molar-refractivity contribution in [2.24, 2.45) is 0 Å². The number of pyridine rings is 2. The summed E-state index contributed by atoms with van der Waals surface area (Å²) in [6, 6.07) is 5.04. The highest BCUT2D eigenvalue weighted by Gasteiger charge is 1.98. The third kappa shape index (κ3) is 1.71. The van der Waals surface area contributed by atoms with Crippen LogP contribution in [0.15, 0.2) is 41.6 Å². The molecule has 0 unspecified atom stereocenters. The van der Waals surface area contributed by atoms with Gasteiger partial charge in [-0.25, -0.2) is 0 Å². The summed E-state index contributed by atoms with van der Waals surface area (Å²) < 4.78 is 0. The number of rotatable bonds is 1. The molecule has 0 aromatic carbocycles.